The molecule has 0 bridgehead atoms. The third-order valence-corrected chi connectivity index (χ3v) is 5.46. The Morgan fingerprint density at radius 1 is 0.800 bits per heavy atom. The molecule has 3 amide bonds. The van der Waals surface area contributed by atoms with Gasteiger partial charge in [-0.3, -0.25) is 4.79 Å². The van der Waals surface area contributed by atoms with Crippen LogP contribution in [0.25, 0.3) is 0 Å². The standard InChI is InChI=1S/C28H34N4O3/c29-19-9-1-2-10-20-30-27(33)26(23-13-7-4-8-14-23)32-28(34)31-24-15-17-25(18-16-24)35-21-22-11-5-3-6-12-22/h3-8,11-18,26H,1-2,9-10,19-21,29H2,(H,30,33)(H2,31,32,34). The fourth-order valence-electron chi connectivity index (χ4n) is 3.56. The Labute approximate surface area is 207 Å². The number of unbranched alkanes of at least 4 members (excludes halogenated alkanes) is 3. The van der Waals surface area contributed by atoms with Crippen LogP contribution in [0.1, 0.15) is 42.9 Å². The van der Waals surface area contributed by atoms with Crippen LogP contribution in [0.2, 0.25) is 0 Å². The highest BCUT2D eigenvalue weighted by atomic mass is 16.5. The van der Waals surface area contributed by atoms with E-state index in [-0.39, 0.29) is 5.91 Å². The number of ether oxygens (including phenoxy) is 1. The molecule has 3 aromatic rings. The first kappa shape index (κ1) is 25.8. The SMILES string of the molecule is NCCCCCCNC(=O)C(NC(=O)Nc1ccc(OCc2ccccc2)cc1)c1ccccc1. The molecule has 0 saturated heterocycles. The van der Waals surface area contributed by atoms with Crippen molar-refractivity contribution in [1.29, 1.82) is 0 Å². The Kier molecular flexibility index (Phi) is 10.6. The fraction of sp³-hybridized carbons (Fsp3) is 0.286. The number of benzene rings is 3. The van der Waals surface area contributed by atoms with E-state index in [1.54, 1.807) is 24.3 Å². The Balaban J connectivity index is 1.52. The first-order chi connectivity index (χ1) is 17.2. The zero-order valence-corrected chi connectivity index (χ0v) is 19.9. The lowest BCUT2D eigenvalue weighted by atomic mass is 10.1. The fourth-order valence-corrected chi connectivity index (χ4v) is 3.56. The predicted molar refractivity (Wildman–Crippen MR) is 139 cm³/mol. The van der Waals surface area contributed by atoms with E-state index in [0.717, 1.165) is 31.2 Å². The summed E-state index contributed by atoms with van der Waals surface area (Å²) in [6.45, 7) is 1.71. The molecule has 3 rings (SSSR count). The maximum Gasteiger partial charge on any atom is 0.320 e. The van der Waals surface area contributed by atoms with E-state index in [9.17, 15) is 9.59 Å². The smallest absolute Gasteiger partial charge is 0.320 e. The third kappa shape index (κ3) is 9.14. The van der Waals surface area contributed by atoms with Crippen LogP contribution in [0.3, 0.4) is 0 Å². The van der Waals surface area contributed by atoms with Gasteiger partial charge in [0, 0.05) is 12.2 Å². The normalized spacial score (nSPS) is 11.3. The van der Waals surface area contributed by atoms with Crippen LogP contribution in [0.15, 0.2) is 84.9 Å². The molecule has 1 atom stereocenters. The van der Waals surface area contributed by atoms with Gasteiger partial charge >= 0.3 is 6.03 Å². The Morgan fingerprint density at radius 2 is 1.46 bits per heavy atom. The van der Waals surface area contributed by atoms with Crippen molar-refractivity contribution in [3.05, 3.63) is 96.1 Å². The monoisotopic (exact) mass is 474 g/mol. The van der Waals surface area contributed by atoms with Crippen molar-refractivity contribution in [1.82, 2.24) is 10.6 Å². The predicted octanol–water partition coefficient (Wildman–Crippen LogP) is 4.76. The third-order valence-electron chi connectivity index (χ3n) is 5.46. The topological polar surface area (TPSA) is 105 Å². The van der Waals surface area contributed by atoms with E-state index in [4.69, 9.17) is 10.5 Å². The molecule has 0 aliphatic heterocycles. The van der Waals surface area contributed by atoms with Gasteiger partial charge in [-0.2, -0.15) is 0 Å². The Hall–Kier alpha value is -3.84. The minimum Gasteiger partial charge on any atom is -0.489 e. The van der Waals surface area contributed by atoms with Crippen LogP contribution in [0, 0.1) is 0 Å². The molecule has 0 aliphatic rings. The number of anilines is 1. The molecule has 0 aliphatic carbocycles. The first-order valence-electron chi connectivity index (χ1n) is 12.0. The van der Waals surface area contributed by atoms with Gasteiger partial charge in [-0.25, -0.2) is 4.79 Å². The maximum atomic E-state index is 12.9. The Morgan fingerprint density at radius 3 is 2.14 bits per heavy atom. The van der Waals surface area contributed by atoms with Crippen molar-refractivity contribution in [2.75, 3.05) is 18.4 Å². The summed E-state index contributed by atoms with van der Waals surface area (Å²) >= 11 is 0. The lowest BCUT2D eigenvalue weighted by molar-refractivity contribution is -0.123. The van der Waals surface area contributed by atoms with Crippen LogP contribution in [-0.4, -0.2) is 25.0 Å². The molecular formula is C28H34N4O3. The van der Waals surface area contributed by atoms with Gasteiger partial charge in [-0.15, -0.1) is 0 Å². The van der Waals surface area contributed by atoms with Gasteiger partial charge in [0.05, 0.1) is 0 Å². The van der Waals surface area contributed by atoms with Crippen LogP contribution in [0.4, 0.5) is 10.5 Å². The molecule has 35 heavy (non-hydrogen) atoms. The molecule has 1 unspecified atom stereocenters. The molecule has 3 aromatic carbocycles. The van der Waals surface area contributed by atoms with Crippen molar-refractivity contribution in [2.45, 2.75) is 38.3 Å². The number of nitrogens with one attached hydrogen (secondary N) is 3. The van der Waals surface area contributed by atoms with Gasteiger partial charge < -0.3 is 26.4 Å². The zero-order chi connectivity index (χ0) is 24.7. The Bertz CT molecular complexity index is 1030. The molecule has 0 aromatic heterocycles. The first-order valence-corrected chi connectivity index (χ1v) is 12.0. The summed E-state index contributed by atoms with van der Waals surface area (Å²) in [5, 5.41) is 8.52. The molecule has 0 radical (unpaired) electrons. The second-order valence-corrected chi connectivity index (χ2v) is 8.23. The number of carbonyl (C=O) groups is 2. The van der Waals surface area contributed by atoms with Crippen molar-refractivity contribution in [3.8, 4) is 5.75 Å². The summed E-state index contributed by atoms with van der Waals surface area (Å²) in [6.07, 6.45) is 3.91. The highest BCUT2D eigenvalue weighted by Gasteiger charge is 2.22. The van der Waals surface area contributed by atoms with Gasteiger partial charge in [0.25, 0.3) is 0 Å². The minimum atomic E-state index is -0.797. The van der Waals surface area contributed by atoms with E-state index in [2.05, 4.69) is 16.0 Å². The van der Waals surface area contributed by atoms with Gasteiger partial charge in [0.15, 0.2) is 0 Å². The van der Waals surface area contributed by atoms with E-state index in [1.807, 2.05) is 60.7 Å². The largest absolute Gasteiger partial charge is 0.489 e. The number of urea groups is 1. The highest BCUT2D eigenvalue weighted by molar-refractivity contribution is 5.94. The quantitative estimate of drug-likeness (QED) is 0.268. The second kappa shape index (κ2) is 14.4. The summed E-state index contributed by atoms with van der Waals surface area (Å²) < 4.78 is 5.79. The van der Waals surface area contributed by atoms with Crippen LogP contribution in [-0.2, 0) is 11.4 Å². The second-order valence-electron chi connectivity index (χ2n) is 8.23. The minimum absolute atomic E-state index is 0.241. The molecule has 7 heteroatoms. The summed E-state index contributed by atoms with van der Waals surface area (Å²) in [5.41, 5.74) is 7.91. The van der Waals surface area contributed by atoms with Crippen molar-refractivity contribution >= 4 is 17.6 Å². The number of hydrogen-bond donors (Lipinski definition) is 4. The van der Waals surface area contributed by atoms with Crippen LogP contribution in [0.5, 0.6) is 5.75 Å². The van der Waals surface area contributed by atoms with E-state index in [0.29, 0.717) is 36.7 Å². The molecule has 0 saturated carbocycles. The molecule has 7 nitrogen and oxygen atoms in total. The van der Waals surface area contributed by atoms with Crippen molar-refractivity contribution in [3.63, 3.8) is 0 Å². The number of hydrogen-bond acceptors (Lipinski definition) is 4. The number of nitrogens with two attached hydrogens (primary N) is 1. The van der Waals surface area contributed by atoms with Gasteiger partial charge in [-0.05, 0) is 54.8 Å². The molecule has 0 spiro atoms. The van der Waals surface area contributed by atoms with Crippen molar-refractivity contribution in [2.24, 2.45) is 5.73 Å². The number of carbonyl (C=O) groups excluding carboxylic acids is 2. The molecule has 184 valence electrons. The van der Waals surface area contributed by atoms with Crippen molar-refractivity contribution < 1.29 is 14.3 Å². The van der Waals surface area contributed by atoms with Crippen LogP contribution < -0.4 is 26.4 Å². The number of rotatable bonds is 13. The summed E-state index contributed by atoms with van der Waals surface area (Å²) in [6, 6.07) is 25.0. The highest BCUT2D eigenvalue weighted by Crippen LogP contribution is 2.18. The van der Waals surface area contributed by atoms with E-state index in [1.165, 1.54) is 0 Å². The van der Waals surface area contributed by atoms with E-state index < -0.39 is 12.1 Å². The zero-order valence-electron chi connectivity index (χ0n) is 19.9. The molecule has 0 fully saturated rings. The number of amides is 3. The van der Waals surface area contributed by atoms with Gasteiger partial charge in [-0.1, -0.05) is 73.5 Å². The molecule has 0 heterocycles. The maximum absolute atomic E-state index is 12.9. The molecular weight excluding hydrogens is 440 g/mol. The molecule has 5 N–H and O–H groups in total. The van der Waals surface area contributed by atoms with Crippen LogP contribution >= 0.6 is 0 Å². The van der Waals surface area contributed by atoms with E-state index >= 15 is 0 Å². The van der Waals surface area contributed by atoms with Gasteiger partial charge in [0.1, 0.15) is 18.4 Å². The van der Waals surface area contributed by atoms with Gasteiger partial charge in [0.2, 0.25) is 5.91 Å². The average molecular weight is 475 g/mol. The lowest BCUT2D eigenvalue weighted by Gasteiger charge is -2.19. The summed E-state index contributed by atoms with van der Waals surface area (Å²) in [5.74, 6) is 0.461. The lowest BCUT2D eigenvalue weighted by Crippen LogP contribution is -2.42. The summed E-state index contributed by atoms with van der Waals surface area (Å²) in [4.78, 5) is 25.6. The average Bonchev–Trinajstić information content (AvgIpc) is 2.90. The summed E-state index contributed by atoms with van der Waals surface area (Å²) in [7, 11) is 0.